The zero-order valence-corrected chi connectivity index (χ0v) is 20.5. The van der Waals surface area contributed by atoms with Crippen LogP contribution < -0.4 is 21.7 Å². The van der Waals surface area contributed by atoms with Crippen molar-refractivity contribution in [3.63, 3.8) is 0 Å². The van der Waals surface area contributed by atoms with Gasteiger partial charge in [0.25, 0.3) is 0 Å². The van der Waals surface area contributed by atoms with Crippen molar-refractivity contribution in [2.24, 2.45) is 5.73 Å². The van der Waals surface area contributed by atoms with Crippen LogP contribution in [0.2, 0.25) is 0 Å². The first kappa shape index (κ1) is 27.9. The maximum atomic E-state index is 13.0. The number of thioether (sulfide) groups is 1. The highest BCUT2D eigenvalue weighted by atomic mass is 32.2. The lowest BCUT2D eigenvalue weighted by molar-refractivity contribution is -0.142. The summed E-state index contributed by atoms with van der Waals surface area (Å²) in [5.74, 6) is -2.25. The molecule has 35 heavy (non-hydrogen) atoms. The number of nitrogens with two attached hydrogens (primary N) is 1. The molecule has 0 fully saturated rings. The number of aromatic nitrogens is 2. The molecule has 190 valence electrons. The van der Waals surface area contributed by atoms with Gasteiger partial charge in [0.15, 0.2) is 0 Å². The Kier molecular flexibility index (Phi) is 11.2. The lowest BCUT2D eigenvalue weighted by atomic mass is 10.0. The average Bonchev–Trinajstić information content (AvgIpc) is 3.35. The fourth-order valence-electron chi connectivity index (χ4n) is 3.21. The maximum absolute atomic E-state index is 13.0. The number of carboxylic acids is 1. The van der Waals surface area contributed by atoms with Crippen molar-refractivity contribution in [3.05, 3.63) is 54.1 Å². The molecule has 0 aliphatic heterocycles. The molecule has 1 aromatic heterocycles. The van der Waals surface area contributed by atoms with Gasteiger partial charge < -0.3 is 31.8 Å². The summed E-state index contributed by atoms with van der Waals surface area (Å²) in [5.41, 5.74) is 7.16. The molecular weight excluding hydrogens is 472 g/mol. The van der Waals surface area contributed by atoms with Gasteiger partial charge in [-0.3, -0.25) is 14.4 Å². The smallest absolute Gasteiger partial charge is 0.326 e. The number of carboxylic acid groups (broad SMARTS) is 1. The Balaban J connectivity index is 2.07. The van der Waals surface area contributed by atoms with Crippen LogP contribution in [-0.4, -0.2) is 74.9 Å². The van der Waals surface area contributed by atoms with Crippen LogP contribution in [0.1, 0.15) is 24.6 Å². The molecule has 2 rings (SSSR count). The van der Waals surface area contributed by atoms with Crippen molar-refractivity contribution in [1.29, 1.82) is 0 Å². The molecule has 0 spiro atoms. The van der Waals surface area contributed by atoms with E-state index in [1.807, 2.05) is 12.3 Å². The predicted molar refractivity (Wildman–Crippen MR) is 133 cm³/mol. The fourth-order valence-corrected chi connectivity index (χ4v) is 3.70. The summed E-state index contributed by atoms with van der Waals surface area (Å²) in [5, 5.41) is 17.3. The number of imidazole rings is 1. The highest BCUT2D eigenvalue weighted by Gasteiger charge is 2.29. The molecule has 0 saturated carbocycles. The van der Waals surface area contributed by atoms with Gasteiger partial charge in [-0.15, -0.1) is 0 Å². The van der Waals surface area contributed by atoms with Gasteiger partial charge in [-0.25, -0.2) is 9.78 Å². The van der Waals surface area contributed by atoms with Crippen molar-refractivity contribution in [3.8, 4) is 0 Å². The third-order valence-corrected chi connectivity index (χ3v) is 5.87. The Bertz CT molecular complexity index is 972. The van der Waals surface area contributed by atoms with Gasteiger partial charge in [-0.05, 0) is 30.9 Å². The summed E-state index contributed by atoms with van der Waals surface area (Å²) < 4.78 is 0. The zero-order chi connectivity index (χ0) is 25.8. The van der Waals surface area contributed by atoms with E-state index in [1.54, 1.807) is 36.0 Å². The van der Waals surface area contributed by atoms with Gasteiger partial charge in [0, 0.05) is 24.7 Å². The summed E-state index contributed by atoms with van der Waals surface area (Å²) in [6.45, 7) is 1.48. The van der Waals surface area contributed by atoms with E-state index in [0.717, 1.165) is 5.56 Å². The van der Waals surface area contributed by atoms with Gasteiger partial charge in [0.1, 0.15) is 18.1 Å². The lowest BCUT2D eigenvalue weighted by Crippen LogP contribution is -2.57. The van der Waals surface area contributed by atoms with E-state index in [-0.39, 0.29) is 12.8 Å². The third-order valence-electron chi connectivity index (χ3n) is 5.23. The van der Waals surface area contributed by atoms with Crippen molar-refractivity contribution in [1.82, 2.24) is 25.9 Å². The molecule has 11 nitrogen and oxygen atoms in total. The largest absolute Gasteiger partial charge is 0.480 e. The van der Waals surface area contributed by atoms with E-state index in [4.69, 9.17) is 5.73 Å². The van der Waals surface area contributed by atoms with Gasteiger partial charge in [0.05, 0.1) is 12.4 Å². The highest BCUT2D eigenvalue weighted by molar-refractivity contribution is 7.98. The molecule has 0 saturated heterocycles. The van der Waals surface area contributed by atoms with Crippen LogP contribution in [-0.2, 0) is 32.0 Å². The van der Waals surface area contributed by atoms with Crippen LogP contribution in [0.3, 0.4) is 0 Å². The van der Waals surface area contributed by atoms with Gasteiger partial charge in [0.2, 0.25) is 17.7 Å². The third kappa shape index (κ3) is 9.41. The molecule has 2 aromatic rings. The molecule has 0 aliphatic rings. The molecule has 1 heterocycles. The molecule has 3 amide bonds. The first-order valence-electron chi connectivity index (χ1n) is 11.1. The summed E-state index contributed by atoms with van der Waals surface area (Å²) in [4.78, 5) is 56.6. The predicted octanol–water partition coefficient (Wildman–Crippen LogP) is -0.166. The minimum Gasteiger partial charge on any atom is -0.480 e. The van der Waals surface area contributed by atoms with E-state index < -0.39 is 47.9 Å². The van der Waals surface area contributed by atoms with E-state index in [9.17, 15) is 24.3 Å². The number of amides is 3. The number of nitrogens with zero attached hydrogens (tertiary/aromatic N) is 1. The fraction of sp³-hybridized carbons (Fsp3) is 0.435. The molecule has 7 N–H and O–H groups in total. The number of hydrogen-bond donors (Lipinski definition) is 6. The summed E-state index contributed by atoms with van der Waals surface area (Å²) in [6.07, 6.45) is 5.42. The van der Waals surface area contributed by atoms with Gasteiger partial charge >= 0.3 is 5.97 Å². The Labute approximate surface area is 208 Å². The Hall–Kier alpha value is -3.38. The topological polar surface area (TPSA) is 179 Å². The monoisotopic (exact) mass is 504 g/mol. The summed E-state index contributed by atoms with van der Waals surface area (Å²) in [6, 6.07) is 4.88. The highest BCUT2D eigenvalue weighted by Crippen LogP contribution is 2.06. The number of aliphatic carboxylic acids is 1. The minimum absolute atomic E-state index is 0.0448. The quantitative estimate of drug-likeness (QED) is 0.205. The Morgan fingerprint density at radius 1 is 1.03 bits per heavy atom. The number of aromatic amines is 1. The second-order valence-corrected chi connectivity index (χ2v) is 9.04. The normalized spacial score (nSPS) is 14.3. The summed E-state index contributed by atoms with van der Waals surface area (Å²) in [7, 11) is 0. The SMILES string of the molecule is CSCCC(N)C(=O)NC(C)C(=O)NC(Cc1cnc[nH]1)C(=O)NC(Cc1ccccc1)C(=O)O. The van der Waals surface area contributed by atoms with E-state index in [1.165, 1.54) is 19.4 Å². The molecule has 4 unspecified atom stereocenters. The maximum Gasteiger partial charge on any atom is 0.326 e. The standard InChI is InChI=1S/C23H32N6O5S/c1-14(27-21(31)17(24)8-9-35-2)20(30)28-18(11-16-12-25-13-26-16)22(32)29-19(23(33)34)10-15-6-4-3-5-7-15/h3-7,12-14,17-19H,8-11,24H2,1-2H3,(H,25,26)(H,27,31)(H,28,30)(H,29,32)(H,33,34). The number of nitrogens with one attached hydrogen (secondary N) is 4. The van der Waals surface area contributed by atoms with Crippen molar-refractivity contribution in [2.45, 2.75) is 50.4 Å². The number of carbonyl (C=O) groups is 4. The van der Waals surface area contributed by atoms with Crippen molar-refractivity contribution in [2.75, 3.05) is 12.0 Å². The lowest BCUT2D eigenvalue weighted by Gasteiger charge is -2.23. The van der Waals surface area contributed by atoms with E-state index in [0.29, 0.717) is 17.9 Å². The van der Waals surface area contributed by atoms with Crippen molar-refractivity contribution < 1.29 is 24.3 Å². The Morgan fingerprint density at radius 3 is 2.31 bits per heavy atom. The van der Waals surface area contributed by atoms with Gasteiger partial charge in [-0.2, -0.15) is 11.8 Å². The van der Waals surface area contributed by atoms with Crippen LogP contribution in [0.15, 0.2) is 42.9 Å². The van der Waals surface area contributed by atoms with Crippen molar-refractivity contribution >= 4 is 35.5 Å². The first-order chi connectivity index (χ1) is 16.7. The average molecular weight is 505 g/mol. The van der Waals surface area contributed by atoms with E-state index >= 15 is 0 Å². The number of rotatable bonds is 14. The van der Waals surface area contributed by atoms with E-state index in [2.05, 4.69) is 25.9 Å². The molecular formula is C23H32N6O5S. The molecule has 0 radical (unpaired) electrons. The van der Waals surface area contributed by atoms with Crippen LogP contribution in [0, 0.1) is 0 Å². The second-order valence-electron chi connectivity index (χ2n) is 8.05. The minimum atomic E-state index is -1.20. The first-order valence-corrected chi connectivity index (χ1v) is 12.5. The zero-order valence-electron chi connectivity index (χ0n) is 19.7. The Morgan fingerprint density at radius 2 is 1.71 bits per heavy atom. The van der Waals surface area contributed by atoms with Crippen LogP contribution in [0.25, 0.3) is 0 Å². The number of benzene rings is 1. The molecule has 1 aromatic carbocycles. The number of H-pyrrole nitrogens is 1. The number of hydrogen-bond acceptors (Lipinski definition) is 7. The van der Waals surface area contributed by atoms with Crippen LogP contribution in [0.5, 0.6) is 0 Å². The van der Waals surface area contributed by atoms with Crippen LogP contribution in [0.4, 0.5) is 0 Å². The molecule has 0 aliphatic carbocycles. The molecule has 0 bridgehead atoms. The second kappa shape index (κ2) is 14.1. The molecule has 12 heteroatoms. The van der Waals surface area contributed by atoms with Crippen LogP contribution >= 0.6 is 11.8 Å². The molecule has 4 atom stereocenters. The van der Waals surface area contributed by atoms with Gasteiger partial charge in [-0.1, -0.05) is 30.3 Å². The number of carbonyl (C=O) groups excluding carboxylic acids is 3. The summed E-state index contributed by atoms with van der Waals surface area (Å²) >= 11 is 1.56.